The molecule has 0 bridgehead atoms. The summed E-state index contributed by atoms with van der Waals surface area (Å²) in [6.45, 7) is 4.70. The molecule has 2 N–H and O–H groups in total. The lowest BCUT2D eigenvalue weighted by molar-refractivity contribution is -0.136. The van der Waals surface area contributed by atoms with Crippen LogP contribution in [0.4, 0.5) is 10.5 Å². The summed E-state index contributed by atoms with van der Waals surface area (Å²) in [5.74, 6) is -0.837. The number of hydrogen-bond donors (Lipinski definition) is 2. The van der Waals surface area contributed by atoms with Crippen LogP contribution in [0.2, 0.25) is 0 Å². The molecule has 0 aliphatic rings. The lowest BCUT2D eigenvalue weighted by atomic mass is 10.1. The number of nitrogens with zero attached hydrogens (tertiary/aromatic N) is 1. The second-order valence-electron chi connectivity index (χ2n) is 7.53. The van der Waals surface area contributed by atoms with Gasteiger partial charge in [-0.25, -0.2) is 4.79 Å². The van der Waals surface area contributed by atoms with Gasteiger partial charge in [0.05, 0.1) is 6.42 Å². The van der Waals surface area contributed by atoms with Gasteiger partial charge < -0.3 is 10.4 Å². The maximum Gasteiger partial charge on any atom is 0.322 e. The minimum Gasteiger partial charge on any atom is -0.481 e. The Morgan fingerprint density at radius 1 is 0.909 bits per heavy atom. The third-order valence-corrected chi connectivity index (χ3v) is 6.01. The molecule has 5 nitrogen and oxygen atoms in total. The highest BCUT2D eigenvalue weighted by atomic mass is 32.2. The second-order valence-corrected chi connectivity index (χ2v) is 8.67. The van der Waals surface area contributed by atoms with Gasteiger partial charge in [0, 0.05) is 28.6 Å². The summed E-state index contributed by atoms with van der Waals surface area (Å²) in [5.41, 5.74) is 2.87. The van der Waals surface area contributed by atoms with Crippen LogP contribution in [0, 0.1) is 0 Å². The molecule has 3 aromatic rings. The van der Waals surface area contributed by atoms with Crippen LogP contribution >= 0.6 is 11.8 Å². The average Bonchev–Trinajstić information content (AvgIpc) is 2.82. The van der Waals surface area contributed by atoms with Crippen LogP contribution in [0.15, 0.2) is 101 Å². The van der Waals surface area contributed by atoms with Crippen molar-refractivity contribution in [3.8, 4) is 0 Å². The number of anilines is 1. The standard InChI is InChI=1S/C27H28N2O3S/c1-2-18-28-27(32)29(19-6-9-21-7-4-3-5-8-21)23-12-16-25(17-13-23)33-24-14-10-22(11-15-24)20-26(30)31/h2-5,7-8,10-17H,1,6,9,18-20H2,(H,28,32)(H,30,31). The van der Waals surface area contributed by atoms with E-state index in [0.717, 1.165) is 33.9 Å². The number of nitrogens with one attached hydrogen (secondary N) is 1. The molecule has 0 unspecified atom stereocenters. The number of hydrogen-bond acceptors (Lipinski definition) is 3. The zero-order valence-corrected chi connectivity index (χ0v) is 19.3. The van der Waals surface area contributed by atoms with E-state index in [-0.39, 0.29) is 12.5 Å². The Morgan fingerprint density at radius 3 is 2.15 bits per heavy atom. The highest BCUT2D eigenvalue weighted by Gasteiger charge is 2.15. The van der Waals surface area contributed by atoms with Gasteiger partial charge in [-0.3, -0.25) is 9.69 Å². The fourth-order valence-electron chi connectivity index (χ4n) is 3.37. The van der Waals surface area contributed by atoms with Crippen molar-refractivity contribution in [2.24, 2.45) is 0 Å². The Balaban J connectivity index is 1.65. The van der Waals surface area contributed by atoms with Crippen molar-refractivity contribution >= 4 is 29.4 Å². The molecule has 3 aromatic carbocycles. The Kier molecular flexibility index (Phi) is 9.15. The van der Waals surface area contributed by atoms with Crippen LogP contribution in [0.25, 0.3) is 0 Å². The minimum atomic E-state index is -0.837. The third kappa shape index (κ3) is 7.84. The number of urea groups is 1. The maximum atomic E-state index is 12.7. The van der Waals surface area contributed by atoms with E-state index in [1.807, 2.05) is 66.7 Å². The summed E-state index contributed by atoms with van der Waals surface area (Å²) < 4.78 is 0. The Bertz CT molecular complexity index is 1050. The molecule has 0 atom stereocenters. The quantitative estimate of drug-likeness (QED) is 0.355. The number of aryl methyl sites for hydroxylation is 1. The number of rotatable bonds is 11. The van der Waals surface area contributed by atoms with E-state index >= 15 is 0 Å². The topological polar surface area (TPSA) is 69.6 Å². The van der Waals surface area contributed by atoms with Gasteiger partial charge in [0.1, 0.15) is 0 Å². The van der Waals surface area contributed by atoms with E-state index in [2.05, 4.69) is 24.0 Å². The van der Waals surface area contributed by atoms with E-state index in [9.17, 15) is 9.59 Å². The number of carboxylic acid groups (broad SMARTS) is 1. The first-order valence-corrected chi connectivity index (χ1v) is 11.7. The third-order valence-electron chi connectivity index (χ3n) is 5.00. The molecule has 0 aliphatic carbocycles. The molecule has 170 valence electrons. The minimum absolute atomic E-state index is 0.0215. The van der Waals surface area contributed by atoms with Crippen molar-refractivity contribution in [3.63, 3.8) is 0 Å². The maximum absolute atomic E-state index is 12.7. The molecule has 0 radical (unpaired) electrons. The summed E-state index contributed by atoms with van der Waals surface area (Å²) in [5, 5.41) is 11.8. The molecule has 0 saturated heterocycles. The lowest BCUT2D eigenvalue weighted by Gasteiger charge is -2.23. The van der Waals surface area contributed by atoms with E-state index in [0.29, 0.717) is 13.1 Å². The van der Waals surface area contributed by atoms with Crippen molar-refractivity contribution in [1.29, 1.82) is 0 Å². The molecule has 0 heterocycles. The van der Waals surface area contributed by atoms with E-state index in [4.69, 9.17) is 5.11 Å². The van der Waals surface area contributed by atoms with Gasteiger partial charge in [0.2, 0.25) is 0 Å². The number of carboxylic acids is 1. The van der Waals surface area contributed by atoms with Crippen molar-refractivity contribution in [1.82, 2.24) is 5.32 Å². The fourth-order valence-corrected chi connectivity index (χ4v) is 4.19. The summed E-state index contributed by atoms with van der Waals surface area (Å²) >= 11 is 1.59. The molecule has 0 aliphatic heterocycles. The zero-order chi connectivity index (χ0) is 23.5. The predicted molar refractivity (Wildman–Crippen MR) is 134 cm³/mol. The molecule has 2 amide bonds. The summed E-state index contributed by atoms with van der Waals surface area (Å²) in [7, 11) is 0. The van der Waals surface area contributed by atoms with Crippen molar-refractivity contribution in [3.05, 3.63) is 103 Å². The molecule has 0 saturated carbocycles. The molecule has 0 fully saturated rings. The number of benzene rings is 3. The molecule has 3 rings (SSSR count). The first-order chi connectivity index (χ1) is 16.0. The Labute approximate surface area is 199 Å². The fraction of sp³-hybridized carbons (Fsp3) is 0.185. The number of carbonyl (C=O) groups excluding carboxylic acids is 1. The molecule has 6 heteroatoms. The van der Waals surface area contributed by atoms with Gasteiger partial charge in [0.25, 0.3) is 0 Å². The largest absolute Gasteiger partial charge is 0.481 e. The summed E-state index contributed by atoms with van der Waals surface area (Å²) in [6, 6.07) is 25.5. The molecular weight excluding hydrogens is 432 g/mol. The highest BCUT2D eigenvalue weighted by Crippen LogP contribution is 2.29. The smallest absolute Gasteiger partial charge is 0.322 e. The van der Waals surface area contributed by atoms with Gasteiger partial charge in [-0.1, -0.05) is 60.3 Å². The van der Waals surface area contributed by atoms with Crippen LogP contribution in [-0.2, 0) is 17.6 Å². The monoisotopic (exact) mass is 460 g/mol. The first-order valence-electron chi connectivity index (χ1n) is 10.8. The second kappa shape index (κ2) is 12.5. The van der Waals surface area contributed by atoms with Crippen LogP contribution in [0.5, 0.6) is 0 Å². The number of amides is 2. The zero-order valence-electron chi connectivity index (χ0n) is 18.4. The Morgan fingerprint density at radius 2 is 1.55 bits per heavy atom. The van der Waals surface area contributed by atoms with Gasteiger partial charge in [0.15, 0.2) is 0 Å². The van der Waals surface area contributed by atoms with E-state index < -0.39 is 5.97 Å². The average molecular weight is 461 g/mol. The van der Waals surface area contributed by atoms with Crippen LogP contribution < -0.4 is 10.2 Å². The molecule has 33 heavy (non-hydrogen) atoms. The van der Waals surface area contributed by atoms with Crippen LogP contribution in [0.1, 0.15) is 17.5 Å². The summed E-state index contributed by atoms with van der Waals surface area (Å²) in [4.78, 5) is 27.4. The van der Waals surface area contributed by atoms with E-state index in [1.54, 1.807) is 22.7 Å². The van der Waals surface area contributed by atoms with Crippen molar-refractivity contribution in [2.75, 3.05) is 18.0 Å². The number of aliphatic carboxylic acids is 1. The molecule has 0 spiro atoms. The Hall–Kier alpha value is -3.51. The van der Waals surface area contributed by atoms with Gasteiger partial charge in [-0.05, 0) is 60.4 Å². The van der Waals surface area contributed by atoms with Crippen molar-refractivity contribution < 1.29 is 14.7 Å². The summed E-state index contributed by atoms with van der Waals surface area (Å²) in [6.07, 6.45) is 3.44. The predicted octanol–water partition coefficient (Wildman–Crippen LogP) is 5.80. The van der Waals surface area contributed by atoms with E-state index in [1.165, 1.54) is 5.56 Å². The SMILES string of the molecule is C=CCNC(=O)N(CCCc1ccccc1)c1ccc(Sc2ccc(CC(=O)O)cc2)cc1. The molecular formula is C27H28N2O3S. The lowest BCUT2D eigenvalue weighted by Crippen LogP contribution is -2.40. The normalized spacial score (nSPS) is 10.4. The van der Waals surface area contributed by atoms with Gasteiger partial charge in [-0.15, -0.1) is 6.58 Å². The van der Waals surface area contributed by atoms with Crippen molar-refractivity contribution in [2.45, 2.75) is 29.1 Å². The molecule has 0 aromatic heterocycles. The van der Waals surface area contributed by atoms with Gasteiger partial charge >= 0.3 is 12.0 Å². The highest BCUT2D eigenvalue weighted by molar-refractivity contribution is 7.99. The first kappa shape index (κ1) is 24.1. The van der Waals surface area contributed by atoms with Gasteiger partial charge in [-0.2, -0.15) is 0 Å². The number of carbonyl (C=O) groups is 2. The van der Waals surface area contributed by atoms with Crippen LogP contribution in [-0.4, -0.2) is 30.2 Å². The van der Waals surface area contributed by atoms with Crippen LogP contribution in [0.3, 0.4) is 0 Å².